The van der Waals surface area contributed by atoms with Gasteiger partial charge < -0.3 is 9.47 Å². The minimum Gasteiger partial charge on any atom is -0.497 e. The topological polar surface area (TPSA) is 56.5 Å². The minimum absolute atomic E-state index is 0.296. The van der Waals surface area contributed by atoms with E-state index in [4.69, 9.17) is 26.9 Å². The van der Waals surface area contributed by atoms with Gasteiger partial charge in [-0.15, -0.1) is 0 Å². The first kappa shape index (κ1) is 16.1. The summed E-state index contributed by atoms with van der Waals surface area (Å²) in [6.07, 6.45) is 0. The highest BCUT2D eigenvalue weighted by atomic mass is 79.9. The van der Waals surface area contributed by atoms with Crippen LogP contribution in [0.5, 0.6) is 11.5 Å². The molecule has 0 spiro atoms. The predicted octanol–water partition coefficient (Wildman–Crippen LogP) is 3.67. The molecule has 1 atom stereocenters. The second-order valence-corrected chi connectivity index (χ2v) is 5.58. The lowest BCUT2D eigenvalue weighted by Crippen LogP contribution is -2.29. The second kappa shape index (κ2) is 7.13. The predicted molar refractivity (Wildman–Crippen MR) is 87.9 cm³/mol. The molecule has 21 heavy (non-hydrogen) atoms. The number of methoxy groups -OCH3 is 2. The molecule has 0 amide bonds. The van der Waals surface area contributed by atoms with Gasteiger partial charge in [0.1, 0.15) is 11.5 Å². The molecule has 0 aromatic heterocycles. The molecule has 0 saturated carbocycles. The maximum atomic E-state index is 6.36. The van der Waals surface area contributed by atoms with E-state index in [9.17, 15) is 0 Å². The average molecular weight is 372 g/mol. The van der Waals surface area contributed by atoms with E-state index in [0.717, 1.165) is 15.6 Å². The van der Waals surface area contributed by atoms with Crippen LogP contribution in [0.15, 0.2) is 40.9 Å². The van der Waals surface area contributed by atoms with E-state index in [1.165, 1.54) is 0 Å². The first-order chi connectivity index (χ1) is 10.1. The summed E-state index contributed by atoms with van der Waals surface area (Å²) in [5, 5.41) is 0.610. The van der Waals surface area contributed by atoms with Crippen LogP contribution in [0.1, 0.15) is 17.2 Å². The molecule has 0 aliphatic rings. The summed E-state index contributed by atoms with van der Waals surface area (Å²) in [5.41, 5.74) is 4.52. The summed E-state index contributed by atoms with van der Waals surface area (Å²) < 4.78 is 11.5. The molecule has 0 aliphatic heterocycles. The fourth-order valence-electron chi connectivity index (χ4n) is 2.15. The summed E-state index contributed by atoms with van der Waals surface area (Å²) in [6, 6.07) is 11.0. The van der Waals surface area contributed by atoms with Crippen molar-refractivity contribution in [2.75, 3.05) is 14.2 Å². The van der Waals surface area contributed by atoms with Crippen LogP contribution in [0.4, 0.5) is 0 Å². The van der Waals surface area contributed by atoms with E-state index >= 15 is 0 Å². The van der Waals surface area contributed by atoms with Crippen LogP contribution in [0.2, 0.25) is 5.02 Å². The van der Waals surface area contributed by atoms with Crippen LogP contribution in [-0.4, -0.2) is 14.2 Å². The van der Waals surface area contributed by atoms with Gasteiger partial charge in [-0.2, -0.15) is 0 Å². The fraction of sp³-hybridized carbons (Fsp3) is 0.200. The van der Waals surface area contributed by atoms with Gasteiger partial charge in [-0.25, -0.2) is 5.43 Å². The van der Waals surface area contributed by atoms with Gasteiger partial charge in [0.15, 0.2) is 0 Å². The van der Waals surface area contributed by atoms with E-state index in [1.807, 2.05) is 36.4 Å². The number of halogens is 2. The number of nitrogens with one attached hydrogen (secondary N) is 1. The van der Waals surface area contributed by atoms with Gasteiger partial charge >= 0.3 is 0 Å². The van der Waals surface area contributed by atoms with Crippen molar-refractivity contribution in [3.8, 4) is 11.5 Å². The van der Waals surface area contributed by atoms with E-state index in [1.54, 1.807) is 14.2 Å². The SMILES string of the molecule is COc1ccc(C(NN)c2cccc(Br)c2Cl)c(OC)c1. The van der Waals surface area contributed by atoms with Crippen molar-refractivity contribution in [2.24, 2.45) is 5.84 Å². The maximum absolute atomic E-state index is 6.36. The monoisotopic (exact) mass is 370 g/mol. The summed E-state index contributed by atoms with van der Waals surface area (Å²) in [5.74, 6) is 7.13. The fourth-order valence-corrected chi connectivity index (χ4v) is 2.76. The summed E-state index contributed by atoms with van der Waals surface area (Å²) in [6.45, 7) is 0. The maximum Gasteiger partial charge on any atom is 0.127 e. The number of hydrogen-bond donors (Lipinski definition) is 2. The molecular weight excluding hydrogens is 356 g/mol. The standard InChI is InChI=1S/C15H16BrClN2O2/c1-20-9-6-7-10(13(8-9)21-2)15(19-18)11-4-3-5-12(16)14(11)17/h3-8,15,19H,18H2,1-2H3. The van der Waals surface area contributed by atoms with Crippen LogP contribution in [0.25, 0.3) is 0 Å². The molecule has 2 aromatic carbocycles. The van der Waals surface area contributed by atoms with Crippen molar-refractivity contribution in [1.29, 1.82) is 0 Å². The van der Waals surface area contributed by atoms with Crippen molar-refractivity contribution >= 4 is 27.5 Å². The Labute approximate surface area is 137 Å². The summed E-state index contributed by atoms with van der Waals surface area (Å²) in [7, 11) is 3.21. The van der Waals surface area contributed by atoms with Gasteiger partial charge in [0, 0.05) is 16.1 Å². The smallest absolute Gasteiger partial charge is 0.127 e. The summed E-state index contributed by atoms with van der Waals surface area (Å²) in [4.78, 5) is 0. The normalized spacial score (nSPS) is 12.0. The van der Waals surface area contributed by atoms with Crippen LogP contribution in [0.3, 0.4) is 0 Å². The Morgan fingerprint density at radius 2 is 1.90 bits per heavy atom. The lowest BCUT2D eigenvalue weighted by atomic mass is 9.98. The zero-order valence-electron chi connectivity index (χ0n) is 11.7. The van der Waals surface area contributed by atoms with Crippen molar-refractivity contribution in [1.82, 2.24) is 5.43 Å². The quantitative estimate of drug-likeness (QED) is 0.622. The number of benzene rings is 2. The molecule has 0 saturated heterocycles. The lowest BCUT2D eigenvalue weighted by Gasteiger charge is -2.21. The molecular formula is C15H16BrClN2O2. The third-order valence-corrected chi connectivity index (χ3v) is 4.52. The largest absolute Gasteiger partial charge is 0.497 e. The van der Waals surface area contributed by atoms with Crippen molar-refractivity contribution in [3.05, 3.63) is 57.0 Å². The van der Waals surface area contributed by atoms with Gasteiger partial charge in [0.05, 0.1) is 25.3 Å². The van der Waals surface area contributed by atoms with Crippen molar-refractivity contribution in [3.63, 3.8) is 0 Å². The molecule has 2 aromatic rings. The molecule has 3 N–H and O–H groups in total. The lowest BCUT2D eigenvalue weighted by molar-refractivity contribution is 0.387. The molecule has 4 nitrogen and oxygen atoms in total. The van der Waals surface area contributed by atoms with Gasteiger partial charge in [-0.05, 0) is 39.7 Å². The van der Waals surface area contributed by atoms with Crippen LogP contribution in [0, 0.1) is 0 Å². The van der Waals surface area contributed by atoms with E-state index in [-0.39, 0.29) is 6.04 Å². The third-order valence-electron chi connectivity index (χ3n) is 3.21. The van der Waals surface area contributed by atoms with E-state index in [0.29, 0.717) is 16.5 Å². The zero-order valence-corrected chi connectivity index (χ0v) is 14.0. The first-order valence-corrected chi connectivity index (χ1v) is 7.41. The van der Waals surface area contributed by atoms with Crippen molar-refractivity contribution in [2.45, 2.75) is 6.04 Å². The Bertz CT molecular complexity index is 637. The molecule has 0 fully saturated rings. The highest BCUT2D eigenvalue weighted by Gasteiger charge is 2.21. The molecule has 2 rings (SSSR count). The van der Waals surface area contributed by atoms with E-state index < -0.39 is 0 Å². The molecule has 0 radical (unpaired) electrons. The molecule has 6 heteroatoms. The Balaban J connectivity index is 2.53. The van der Waals surface area contributed by atoms with Gasteiger partial charge in [0.2, 0.25) is 0 Å². The van der Waals surface area contributed by atoms with Gasteiger partial charge in [0.25, 0.3) is 0 Å². The molecule has 112 valence electrons. The van der Waals surface area contributed by atoms with Gasteiger partial charge in [-0.1, -0.05) is 23.7 Å². The van der Waals surface area contributed by atoms with Crippen LogP contribution >= 0.6 is 27.5 Å². The van der Waals surface area contributed by atoms with Crippen LogP contribution in [-0.2, 0) is 0 Å². The number of ether oxygens (including phenoxy) is 2. The summed E-state index contributed by atoms with van der Waals surface area (Å²) >= 11 is 9.79. The van der Waals surface area contributed by atoms with E-state index in [2.05, 4.69) is 21.4 Å². The second-order valence-electron chi connectivity index (χ2n) is 4.35. The number of hydrazine groups is 1. The van der Waals surface area contributed by atoms with Crippen molar-refractivity contribution < 1.29 is 9.47 Å². The highest BCUT2D eigenvalue weighted by molar-refractivity contribution is 9.10. The number of rotatable bonds is 5. The first-order valence-electron chi connectivity index (χ1n) is 6.24. The third kappa shape index (κ3) is 3.32. The van der Waals surface area contributed by atoms with Gasteiger partial charge in [-0.3, -0.25) is 5.84 Å². The highest BCUT2D eigenvalue weighted by Crippen LogP contribution is 2.37. The molecule has 0 heterocycles. The number of hydrogen-bond acceptors (Lipinski definition) is 4. The Morgan fingerprint density at radius 3 is 2.52 bits per heavy atom. The Morgan fingerprint density at radius 1 is 1.14 bits per heavy atom. The molecule has 0 aliphatic carbocycles. The van der Waals surface area contributed by atoms with Crippen LogP contribution < -0.4 is 20.7 Å². The molecule has 0 bridgehead atoms. The number of nitrogens with two attached hydrogens (primary N) is 1. The Kier molecular flexibility index (Phi) is 5.47. The average Bonchev–Trinajstić information content (AvgIpc) is 2.52. The Hall–Kier alpha value is -1.27. The zero-order chi connectivity index (χ0) is 15.4. The minimum atomic E-state index is -0.296. The molecule has 1 unspecified atom stereocenters.